The summed E-state index contributed by atoms with van der Waals surface area (Å²) in [5.74, 6) is 1.56. The Morgan fingerprint density at radius 3 is 2.93 bits per heavy atom. The zero-order valence-electron chi connectivity index (χ0n) is 16.4. The van der Waals surface area contributed by atoms with Gasteiger partial charge in [0, 0.05) is 17.1 Å². The molecular formula is C22H22ClN3O3. The lowest BCUT2D eigenvalue weighted by molar-refractivity contribution is -0.134. The number of halogens is 1. The smallest absolute Gasteiger partial charge is 0.261 e. The number of hydrogen-bond acceptors (Lipinski definition) is 5. The van der Waals surface area contributed by atoms with E-state index in [0.29, 0.717) is 29.0 Å². The summed E-state index contributed by atoms with van der Waals surface area (Å²) in [6.07, 6.45) is 1.68. The molecule has 1 aromatic heterocycles. The molecule has 3 aromatic rings. The monoisotopic (exact) mass is 411 g/mol. The summed E-state index contributed by atoms with van der Waals surface area (Å²) in [4.78, 5) is 19.1. The third-order valence-corrected chi connectivity index (χ3v) is 5.30. The maximum atomic E-state index is 12.8. The molecular weight excluding hydrogens is 390 g/mol. The Labute approximate surface area is 174 Å². The van der Waals surface area contributed by atoms with Gasteiger partial charge in [-0.25, -0.2) is 0 Å². The second-order valence-corrected chi connectivity index (χ2v) is 7.71. The van der Waals surface area contributed by atoms with Crippen LogP contribution in [0.15, 0.2) is 47.0 Å². The number of likely N-dealkylation sites (tertiary alicyclic amines) is 1. The van der Waals surface area contributed by atoms with E-state index in [1.165, 1.54) is 0 Å². The highest BCUT2D eigenvalue weighted by molar-refractivity contribution is 6.30. The summed E-state index contributed by atoms with van der Waals surface area (Å²) >= 11 is 5.97. The summed E-state index contributed by atoms with van der Waals surface area (Å²) in [6.45, 7) is 4.52. The minimum absolute atomic E-state index is 0.0438. The Balaban J connectivity index is 1.45. The summed E-state index contributed by atoms with van der Waals surface area (Å²) in [7, 11) is 0. The second kappa shape index (κ2) is 8.25. The SMILES string of the molecule is Cc1cccc(-c2noc([C@@H]3CCCN3C(=O)COc3ccc(Cl)cc3C)n2)c1. The van der Waals surface area contributed by atoms with Gasteiger partial charge < -0.3 is 14.2 Å². The second-order valence-electron chi connectivity index (χ2n) is 7.27. The molecule has 2 heterocycles. The van der Waals surface area contributed by atoms with Crippen molar-refractivity contribution in [3.8, 4) is 17.1 Å². The van der Waals surface area contributed by atoms with Crippen LogP contribution in [0.1, 0.15) is 35.9 Å². The lowest BCUT2D eigenvalue weighted by atomic mass is 10.1. The summed E-state index contributed by atoms with van der Waals surface area (Å²) < 4.78 is 11.2. The molecule has 0 spiro atoms. The molecule has 1 fully saturated rings. The molecule has 0 unspecified atom stereocenters. The van der Waals surface area contributed by atoms with Crippen LogP contribution < -0.4 is 4.74 Å². The lowest BCUT2D eigenvalue weighted by Gasteiger charge is -2.22. The van der Waals surface area contributed by atoms with Crippen molar-refractivity contribution in [3.63, 3.8) is 0 Å². The summed E-state index contributed by atoms with van der Waals surface area (Å²) in [5.41, 5.74) is 2.92. The Hall–Kier alpha value is -2.86. The number of benzene rings is 2. The van der Waals surface area contributed by atoms with E-state index in [4.69, 9.17) is 20.9 Å². The van der Waals surface area contributed by atoms with Crippen molar-refractivity contribution in [2.45, 2.75) is 32.7 Å². The fourth-order valence-electron chi connectivity index (χ4n) is 3.59. The molecule has 0 aliphatic carbocycles. The average Bonchev–Trinajstić information content (AvgIpc) is 3.36. The van der Waals surface area contributed by atoms with Crippen molar-refractivity contribution in [1.29, 1.82) is 0 Å². The van der Waals surface area contributed by atoms with E-state index < -0.39 is 0 Å². The van der Waals surface area contributed by atoms with Gasteiger partial charge in [-0.1, -0.05) is 40.5 Å². The quantitative estimate of drug-likeness (QED) is 0.606. The van der Waals surface area contributed by atoms with E-state index >= 15 is 0 Å². The zero-order valence-corrected chi connectivity index (χ0v) is 17.1. The molecule has 1 atom stereocenters. The highest BCUT2D eigenvalue weighted by Gasteiger charge is 2.34. The molecule has 7 heteroatoms. The molecule has 6 nitrogen and oxygen atoms in total. The van der Waals surface area contributed by atoms with E-state index in [-0.39, 0.29) is 18.6 Å². The fraction of sp³-hybridized carbons (Fsp3) is 0.318. The predicted octanol–water partition coefficient (Wildman–Crippen LogP) is 4.75. The van der Waals surface area contributed by atoms with Crippen molar-refractivity contribution >= 4 is 17.5 Å². The van der Waals surface area contributed by atoms with Crippen molar-refractivity contribution in [1.82, 2.24) is 15.0 Å². The number of hydrogen-bond donors (Lipinski definition) is 0. The number of carbonyl (C=O) groups excluding carboxylic acids is 1. The minimum Gasteiger partial charge on any atom is -0.483 e. The lowest BCUT2D eigenvalue weighted by Crippen LogP contribution is -2.34. The normalized spacial score (nSPS) is 16.2. The predicted molar refractivity (Wildman–Crippen MR) is 110 cm³/mol. The summed E-state index contributed by atoms with van der Waals surface area (Å²) in [5, 5.41) is 4.75. The van der Waals surface area contributed by atoms with Gasteiger partial charge in [0.15, 0.2) is 6.61 Å². The largest absolute Gasteiger partial charge is 0.483 e. The molecule has 1 amide bonds. The molecule has 0 saturated carbocycles. The van der Waals surface area contributed by atoms with Crippen LogP contribution in [0.2, 0.25) is 5.02 Å². The van der Waals surface area contributed by atoms with E-state index in [2.05, 4.69) is 10.1 Å². The highest BCUT2D eigenvalue weighted by Crippen LogP contribution is 2.32. The Morgan fingerprint density at radius 2 is 2.14 bits per heavy atom. The van der Waals surface area contributed by atoms with Gasteiger partial charge in [-0.05, 0) is 56.5 Å². The molecule has 1 aliphatic heterocycles. The number of nitrogens with zero attached hydrogens (tertiary/aromatic N) is 3. The number of aryl methyl sites for hydroxylation is 2. The topological polar surface area (TPSA) is 68.5 Å². The van der Waals surface area contributed by atoms with Crippen LogP contribution in [0.5, 0.6) is 5.75 Å². The van der Waals surface area contributed by atoms with Crippen molar-refractivity contribution in [2.75, 3.05) is 13.2 Å². The van der Waals surface area contributed by atoms with E-state index in [1.54, 1.807) is 17.0 Å². The van der Waals surface area contributed by atoms with Crippen molar-refractivity contribution < 1.29 is 14.1 Å². The number of carbonyl (C=O) groups is 1. The maximum absolute atomic E-state index is 12.8. The van der Waals surface area contributed by atoms with Gasteiger partial charge >= 0.3 is 0 Å². The fourth-order valence-corrected chi connectivity index (χ4v) is 3.82. The molecule has 0 N–H and O–H groups in total. The summed E-state index contributed by atoms with van der Waals surface area (Å²) in [6, 6.07) is 13.0. The van der Waals surface area contributed by atoms with Gasteiger partial charge in [0.05, 0.1) is 0 Å². The van der Waals surface area contributed by atoms with Crippen LogP contribution >= 0.6 is 11.6 Å². The van der Waals surface area contributed by atoms with Gasteiger partial charge in [-0.15, -0.1) is 0 Å². The number of rotatable bonds is 5. The number of ether oxygens (including phenoxy) is 1. The molecule has 0 radical (unpaired) electrons. The van der Waals surface area contributed by atoms with Crippen LogP contribution in [0.3, 0.4) is 0 Å². The zero-order chi connectivity index (χ0) is 20.4. The maximum Gasteiger partial charge on any atom is 0.261 e. The minimum atomic E-state index is -0.219. The van der Waals surface area contributed by atoms with Gasteiger partial charge in [0.2, 0.25) is 11.7 Å². The third-order valence-electron chi connectivity index (χ3n) is 5.06. The molecule has 0 bridgehead atoms. The van der Waals surface area contributed by atoms with Gasteiger partial charge in [0.1, 0.15) is 11.8 Å². The Kier molecular flexibility index (Phi) is 5.53. The molecule has 1 aliphatic rings. The highest BCUT2D eigenvalue weighted by atomic mass is 35.5. The first kappa shape index (κ1) is 19.5. The Bertz CT molecular complexity index is 1030. The molecule has 29 heavy (non-hydrogen) atoms. The average molecular weight is 412 g/mol. The van der Waals surface area contributed by atoms with Crippen LogP contribution in [0, 0.1) is 13.8 Å². The van der Waals surface area contributed by atoms with Crippen LogP contribution in [-0.4, -0.2) is 34.1 Å². The van der Waals surface area contributed by atoms with Gasteiger partial charge in [0.25, 0.3) is 5.91 Å². The van der Waals surface area contributed by atoms with E-state index in [0.717, 1.165) is 29.5 Å². The van der Waals surface area contributed by atoms with E-state index in [9.17, 15) is 4.79 Å². The molecule has 2 aromatic carbocycles. The van der Waals surface area contributed by atoms with Crippen molar-refractivity contribution in [3.05, 3.63) is 64.5 Å². The Morgan fingerprint density at radius 1 is 1.28 bits per heavy atom. The first-order valence-corrected chi connectivity index (χ1v) is 9.98. The third kappa shape index (κ3) is 4.27. The van der Waals surface area contributed by atoms with E-state index in [1.807, 2.05) is 44.2 Å². The number of aromatic nitrogens is 2. The molecule has 4 rings (SSSR count). The first-order chi connectivity index (χ1) is 14.0. The van der Waals surface area contributed by atoms with Gasteiger partial charge in [-0.3, -0.25) is 4.79 Å². The molecule has 150 valence electrons. The van der Waals surface area contributed by atoms with Crippen LogP contribution in [0.25, 0.3) is 11.4 Å². The van der Waals surface area contributed by atoms with Crippen LogP contribution in [0.4, 0.5) is 0 Å². The van der Waals surface area contributed by atoms with Gasteiger partial charge in [-0.2, -0.15) is 4.98 Å². The van der Waals surface area contributed by atoms with Crippen LogP contribution in [-0.2, 0) is 4.79 Å². The number of amides is 1. The van der Waals surface area contributed by atoms with Crippen molar-refractivity contribution in [2.24, 2.45) is 0 Å². The standard InChI is InChI=1S/C22H22ClN3O3/c1-14-5-3-6-16(11-14)21-24-22(29-25-21)18-7-4-10-26(18)20(27)13-28-19-9-8-17(23)12-15(19)2/h3,5-6,8-9,11-12,18H,4,7,10,13H2,1-2H3/t18-/m0/s1. The first-order valence-electron chi connectivity index (χ1n) is 9.60. The molecule has 1 saturated heterocycles.